The standard InChI is InChI=1S/C16H20FN3O3.C6H12O/c1-23-15(22)20-8-6-19(7-9-20)11-2-3-12(13(17)10-11)16(4-5-16)14(18)21;7-6-4-2-1-3-5-6/h2-3,10H,4-9H2,1H3,(H2,18,21);6-7H,1-5H2. The van der Waals surface area contributed by atoms with Gasteiger partial charge < -0.3 is 25.4 Å². The fourth-order valence-corrected chi connectivity index (χ4v) is 4.22. The number of nitrogens with two attached hydrogens (primary N) is 1. The van der Waals surface area contributed by atoms with Crippen molar-refractivity contribution in [1.82, 2.24) is 4.90 Å². The quantitative estimate of drug-likeness (QED) is 0.782. The number of aliphatic hydroxyl groups is 1. The van der Waals surface area contributed by atoms with Gasteiger partial charge in [-0.1, -0.05) is 25.3 Å². The minimum Gasteiger partial charge on any atom is -0.453 e. The van der Waals surface area contributed by atoms with Gasteiger partial charge in [-0.05, 0) is 37.8 Å². The molecule has 0 spiro atoms. The molecule has 0 unspecified atom stereocenters. The van der Waals surface area contributed by atoms with Gasteiger partial charge in [0, 0.05) is 37.4 Å². The lowest BCUT2D eigenvalue weighted by atomic mass is 9.94. The maximum atomic E-state index is 14.4. The van der Waals surface area contributed by atoms with E-state index in [4.69, 9.17) is 15.6 Å². The fraction of sp³-hybridized carbons (Fsp3) is 0.636. The Labute approximate surface area is 177 Å². The monoisotopic (exact) mass is 421 g/mol. The Morgan fingerprint density at radius 1 is 1.13 bits per heavy atom. The van der Waals surface area contributed by atoms with Crippen LogP contribution >= 0.6 is 0 Å². The second kappa shape index (κ2) is 9.64. The number of primary amides is 1. The number of ether oxygens (including phenoxy) is 1. The van der Waals surface area contributed by atoms with Crippen molar-refractivity contribution in [3.8, 4) is 0 Å². The summed E-state index contributed by atoms with van der Waals surface area (Å²) in [6.45, 7) is 2.27. The highest BCUT2D eigenvalue weighted by Crippen LogP contribution is 2.49. The Kier molecular flexibility index (Phi) is 7.18. The van der Waals surface area contributed by atoms with Crippen molar-refractivity contribution >= 4 is 17.7 Å². The zero-order chi connectivity index (χ0) is 21.7. The molecule has 1 aromatic carbocycles. The predicted octanol–water partition coefficient (Wildman–Crippen LogP) is 2.54. The third-order valence-electron chi connectivity index (χ3n) is 6.34. The second-order valence-corrected chi connectivity index (χ2v) is 8.35. The van der Waals surface area contributed by atoms with Crippen LogP contribution in [0, 0.1) is 5.82 Å². The van der Waals surface area contributed by atoms with Gasteiger partial charge >= 0.3 is 6.09 Å². The molecule has 2 amide bonds. The summed E-state index contributed by atoms with van der Waals surface area (Å²) in [5, 5.41) is 8.91. The van der Waals surface area contributed by atoms with Crippen molar-refractivity contribution in [2.75, 3.05) is 38.2 Å². The maximum absolute atomic E-state index is 14.4. The number of nitrogens with zero attached hydrogens (tertiary/aromatic N) is 2. The molecule has 3 N–H and O–H groups in total. The van der Waals surface area contributed by atoms with Crippen molar-refractivity contribution < 1.29 is 23.8 Å². The molecule has 1 heterocycles. The van der Waals surface area contributed by atoms with Crippen LogP contribution in [-0.2, 0) is 14.9 Å². The number of amides is 2. The number of methoxy groups -OCH3 is 1. The van der Waals surface area contributed by atoms with E-state index >= 15 is 0 Å². The van der Waals surface area contributed by atoms with Gasteiger partial charge in [0.25, 0.3) is 0 Å². The summed E-state index contributed by atoms with van der Waals surface area (Å²) in [6.07, 6.45) is 6.80. The average Bonchev–Trinajstić information content (AvgIpc) is 3.56. The van der Waals surface area contributed by atoms with E-state index in [0.29, 0.717) is 44.6 Å². The van der Waals surface area contributed by atoms with Crippen LogP contribution in [0.25, 0.3) is 0 Å². The molecule has 4 rings (SSSR count). The molecule has 8 heteroatoms. The number of rotatable bonds is 3. The summed E-state index contributed by atoms with van der Waals surface area (Å²) in [6, 6.07) is 4.93. The second-order valence-electron chi connectivity index (χ2n) is 8.35. The normalized spacial score (nSPS) is 20.8. The molecule has 0 radical (unpaired) electrons. The van der Waals surface area contributed by atoms with Crippen LogP contribution in [0.2, 0.25) is 0 Å². The zero-order valence-corrected chi connectivity index (χ0v) is 17.6. The summed E-state index contributed by atoms with van der Waals surface area (Å²) >= 11 is 0. The molecule has 0 aromatic heterocycles. The Morgan fingerprint density at radius 2 is 1.77 bits per heavy atom. The first kappa shape index (κ1) is 22.3. The van der Waals surface area contributed by atoms with Gasteiger partial charge in [0.15, 0.2) is 0 Å². The fourth-order valence-electron chi connectivity index (χ4n) is 4.22. The lowest BCUT2D eigenvalue weighted by Gasteiger charge is -2.35. The van der Waals surface area contributed by atoms with E-state index in [2.05, 4.69) is 0 Å². The summed E-state index contributed by atoms with van der Waals surface area (Å²) in [7, 11) is 1.36. The van der Waals surface area contributed by atoms with Crippen LogP contribution in [0.1, 0.15) is 50.5 Å². The minimum atomic E-state index is -0.813. The predicted molar refractivity (Wildman–Crippen MR) is 112 cm³/mol. The molecule has 166 valence electrons. The van der Waals surface area contributed by atoms with E-state index in [-0.39, 0.29) is 12.2 Å². The average molecular weight is 422 g/mol. The molecule has 30 heavy (non-hydrogen) atoms. The molecule has 3 fully saturated rings. The molecule has 0 atom stereocenters. The highest BCUT2D eigenvalue weighted by Gasteiger charge is 2.51. The molecule has 1 aromatic rings. The first-order valence-corrected chi connectivity index (χ1v) is 10.7. The van der Waals surface area contributed by atoms with E-state index in [1.165, 1.54) is 32.4 Å². The summed E-state index contributed by atoms with van der Waals surface area (Å²) in [5.74, 6) is -0.856. The summed E-state index contributed by atoms with van der Waals surface area (Å²) in [5.41, 5.74) is 5.73. The van der Waals surface area contributed by atoms with Gasteiger partial charge in [-0.2, -0.15) is 0 Å². The molecule has 2 saturated carbocycles. The third-order valence-corrected chi connectivity index (χ3v) is 6.34. The van der Waals surface area contributed by atoms with Crippen molar-refractivity contribution in [3.63, 3.8) is 0 Å². The molecule has 0 bridgehead atoms. The van der Waals surface area contributed by atoms with Gasteiger partial charge in [-0.15, -0.1) is 0 Å². The topological polar surface area (TPSA) is 96.1 Å². The Bertz CT molecular complexity index is 755. The summed E-state index contributed by atoms with van der Waals surface area (Å²) in [4.78, 5) is 26.6. The lowest BCUT2D eigenvalue weighted by molar-refractivity contribution is -0.120. The lowest BCUT2D eigenvalue weighted by Crippen LogP contribution is -2.48. The number of anilines is 1. The van der Waals surface area contributed by atoms with Gasteiger partial charge in [-0.25, -0.2) is 9.18 Å². The van der Waals surface area contributed by atoms with E-state index in [0.717, 1.165) is 18.5 Å². The third kappa shape index (κ3) is 5.03. The van der Waals surface area contributed by atoms with Crippen LogP contribution in [0.4, 0.5) is 14.9 Å². The minimum absolute atomic E-state index is 0.0359. The Balaban J connectivity index is 0.000000310. The molecular formula is C22H32FN3O4. The van der Waals surface area contributed by atoms with E-state index in [1.807, 2.05) is 11.0 Å². The first-order chi connectivity index (χ1) is 14.4. The van der Waals surface area contributed by atoms with Crippen molar-refractivity contribution in [2.45, 2.75) is 56.5 Å². The number of hydrogen-bond donors (Lipinski definition) is 2. The number of carbonyl (C=O) groups excluding carboxylic acids is 2. The number of benzene rings is 1. The zero-order valence-electron chi connectivity index (χ0n) is 17.6. The van der Waals surface area contributed by atoms with Gasteiger partial charge in [0.1, 0.15) is 5.82 Å². The smallest absolute Gasteiger partial charge is 0.409 e. The van der Waals surface area contributed by atoms with Crippen molar-refractivity contribution in [3.05, 3.63) is 29.6 Å². The van der Waals surface area contributed by atoms with Crippen LogP contribution in [-0.4, -0.2) is 61.4 Å². The number of carbonyl (C=O) groups is 2. The van der Waals surface area contributed by atoms with Crippen molar-refractivity contribution in [1.29, 1.82) is 0 Å². The van der Waals surface area contributed by atoms with Gasteiger partial charge in [-0.3, -0.25) is 4.79 Å². The molecule has 7 nitrogen and oxygen atoms in total. The number of piperazine rings is 1. The molecule has 1 saturated heterocycles. The number of aliphatic hydroxyl groups excluding tert-OH is 1. The highest BCUT2D eigenvalue weighted by molar-refractivity contribution is 5.90. The van der Waals surface area contributed by atoms with E-state index in [1.54, 1.807) is 11.0 Å². The Morgan fingerprint density at radius 3 is 2.20 bits per heavy atom. The SMILES string of the molecule is COC(=O)N1CCN(c2ccc(C3(C(N)=O)CC3)c(F)c2)CC1.OC1CCCCC1. The van der Waals surface area contributed by atoms with Crippen LogP contribution < -0.4 is 10.6 Å². The van der Waals surface area contributed by atoms with Crippen molar-refractivity contribution in [2.24, 2.45) is 5.73 Å². The van der Waals surface area contributed by atoms with Gasteiger partial charge in [0.05, 0.1) is 18.6 Å². The van der Waals surface area contributed by atoms with E-state index in [9.17, 15) is 14.0 Å². The molecule has 1 aliphatic heterocycles. The maximum Gasteiger partial charge on any atom is 0.409 e. The first-order valence-electron chi connectivity index (χ1n) is 10.7. The largest absolute Gasteiger partial charge is 0.453 e. The number of halogens is 1. The van der Waals surface area contributed by atoms with E-state index < -0.39 is 17.1 Å². The van der Waals surface area contributed by atoms with Crippen LogP contribution in [0.5, 0.6) is 0 Å². The molecule has 2 aliphatic carbocycles. The Hall–Kier alpha value is -2.35. The van der Waals surface area contributed by atoms with Crippen LogP contribution in [0.15, 0.2) is 18.2 Å². The number of hydrogen-bond acceptors (Lipinski definition) is 5. The highest BCUT2D eigenvalue weighted by atomic mass is 19.1. The van der Waals surface area contributed by atoms with Gasteiger partial charge in [0.2, 0.25) is 5.91 Å². The molecule has 3 aliphatic rings. The molecular weight excluding hydrogens is 389 g/mol. The van der Waals surface area contributed by atoms with Crippen LogP contribution in [0.3, 0.4) is 0 Å². The summed E-state index contributed by atoms with van der Waals surface area (Å²) < 4.78 is 19.1.